The van der Waals surface area contributed by atoms with Gasteiger partial charge in [0.25, 0.3) is 0 Å². The van der Waals surface area contributed by atoms with Gasteiger partial charge in [-0.15, -0.1) is 5.39 Å². The van der Waals surface area contributed by atoms with Crippen LogP contribution in [0.1, 0.15) is 18.1 Å². The van der Waals surface area contributed by atoms with Crippen molar-refractivity contribution in [1.82, 2.24) is 4.98 Å². The summed E-state index contributed by atoms with van der Waals surface area (Å²) in [5.41, 5.74) is -3.70. The molecule has 0 aliphatic heterocycles. The molecule has 2 aromatic rings. The molecular formula is C13H11F3INO3SZn. The second-order valence-corrected chi connectivity index (χ2v) is 5.92. The molecule has 2 rings (SSSR count). The zero-order valence-electron chi connectivity index (χ0n) is 12.2. The van der Waals surface area contributed by atoms with Crippen LogP contribution in [0.2, 0.25) is 0 Å². The zero-order chi connectivity index (χ0) is 17.8. The first-order chi connectivity index (χ1) is 10.6. The molecule has 10 heteroatoms. The van der Waals surface area contributed by atoms with Crippen molar-refractivity contribution in [2.45, 2.75) is 25.8 Å². The Balaban J connectivity index is 0.00000127. The number of fused-ring (bicyclic) bond motifs is 1. The average molecular weight is 511 g/mol. The molecule has 0 fully saturated rings. The summed E-state index contributed by atoms with van der Waals surface area (Å²) in [4.78, 5) is 3.75. The third kappa shape index (κ3) is 5.00. The number of hydrogen-bond donors (Lipinski definition) is 0. The van der Waals surface area contributed by atoms with Gasteiger partial charge >= 0.3 is 50.2 Å². The average Bonchev–Trinajstić information content (AvgIpc) is 2.47. The van der Waals surface area contributed by atoms with Crippen LogP contribution in [0.5, 0.6) is 5.88 Å². The number of aromatic nitrogens is 1. The van der Waals surface area contributed by atoms with Crippen LogP contribution in [-0.4, -0.2) is 18.9 Å². The standard InChI is InChI=1S/C13H11F3NO3S.HI.Zn/c1-3-9-4-5-11-10(7-9)8(2)6-12(17-11)20-21(18,19)13(14,15)16;;/h4,6-7H,3H2,1-2H3;1H;/q-1;;+2/p-1. The van der Waals surface area contributed by atoms with E-state index >= 15 is 0 Å². The van der Waals surface area contributed by atoms with E-state index in [9.17, 15) is 21.6 Å². The fourth-order valence-electron chi connectivity index (χ4n) is 1.74. The molecule has 0 atom stereocenters. The van der Waals surface area contributed by atoms with Gasteiger partial charge in [-0.05, 0) is 11.6 Å². The van der Waals surface area contributed by atoms with E-state index in [1.54, 1.807) is 13.0 Å². The summed E-state index contributed by atoms with van der Waals surface area (Å²) in [7, 11) is -5.73. The summed E-state index contributed by atoms with van der Waals surface area (Å²) < 4.78 is 62.8. The van der Waals surface area contributed by atoms with Crippen LogP contribution in [0.3, 0.4) is 0 Å². The summed E-state index contributed by atoms with van der Waals surface area (Å²) in [6.07, 6.45) is 0.770. The Morgan fingerprint density at radius 2 is 1.96 bits per heavy atom. The van der Waals surface area contributed by atoms with Crippen molar-refractivity contribution in [1.29, 1.82) is 0 Å². The van der Waals surface area contributed by atoms with Crippen molar-refractivity contribution >= 4 is 40.8 Å². The van der Waals surface area contributed by atoms with Gasteiger partial charge in [0.15, 0.2) is 0 Å². The van der Waals surface area contributed by atoms with Crippen LogP contribution in [0.15, 0.2) is 18.2 Å². The molecule has 0 N–H and O–H groups in total. The molecule has 0 radical (unpaired) electrons. The topological polar surface area (TPSA) is 56.3 Å². The molecule has 0 bridgehead atoms. The van der Waals surface area contributed by atoms with E-state index in [1.165, 1.54) is 14.8 Å². The van der Waals surface area contributed by atoms with Crippen LogP contribution in [0.4, 0.5) is 13.2 Å². The number of aryl methyl sites for hydroxylation is 2. The van der Waals surface area contributed by atoms with Crippen molar-refractivity contribution in [2.75, 3.05) is 0 Å². The monoisotopic (exact) mass is 509 g/mol. The maximum absolute atomic E-state index is 12.3. The van der Waals surface area contributed by atoms with Crippen molar-refractivity contribution in [3.8, 4) is 5.88 Å². The fraction of sp³-hybridized carbons (Fsp3) is 0.308. The molecule has 23 heavy (non-hydrogen) atoms. The first-order valence-electron chi connectivity index (χ1n) is 6.23. The van der Waals surface area contributed by atoms with Crippen LogP contribution in [0.25, 0.3) is 10.9 Å². The van der Waals surface area contributed by atoms with Crippen LogP contribution in [-0.2, 0) is 31.3 Å². The molecule has 0 spiro atoms. The maximum atomic E-state index is 12.3. The summed E-state index contributed by atoms with van der Waals surface area (Å²) in [6.45, 7) is 3.58. The Labute approximate surface area is 152 Å². The summed E-state index contributed by atoms with van der Waals surface area (Å²) in [5.74, 6) is -0.627. The molecule has 0 amide bonds. The number of hydrogen-bond acceptors (Lipinski definition) is 4. The fourth-order valence-corrected chi connectivity index (χ4v) is 2.14. The van der Waals surface area contributed by atoms with E-state index < -0.39 is 21.5 Å². The van der Waals surface area contributed by atoms with E-state index in [0.29, 0.717) is 10.9 Å². The van der Waals surface area contributed by atoms with Crippen LogP contribution in [0, 0.1) is 13.0 Å². The minimum atomic E-state index is -5.73. The van der Waals surface area contributed by atoms with Gasteiger partial charge in [0.1, 0.15) is 0 Å². The molecule has 1 aromatic carbocycles. The predicted octanol–water partition coefficient (Wildman–Crippen LogP) is 4.02. The SMILES string of the molecule is CCc1c[c-]c2nc(OS(=O)(=O)C(F)(F)F)cc(C)c2c1.[Zn+][I]. The Morgan fingerprint density at radius 1 is 1.35 bits per heavy atom. The third-order valence-electron chi connectivity index (χ3n) is 2.85. The zero-order valence-corrected chi connectivity index (χ0v) is 18.2. The van der Waals surface area contributed by atoms with Gasteiger partial charge in [0.05, 0.1) is 0 Å². The number of alkyl halides is 3. The molecule has 0 saturated carbocycles. The molecular weight excluding hydrogens is 500 g/mol. The van der Waals surface area contributed by atoms with Crippen LogP contribution < -0.4 is 4.18 Å². The van der Waals surface area contributed by atoms with Gasteiger partial charge in [-0.2, -0.15) is 45.4 Å². The minimum absolute atomic E-state index is 0.250. The number of rotatable bonds is 3. The number of halogens is 4. The Bertz CT molecular complexity index is 797. The van der Waals surface area contributed by atoms with Gasteiger partial charge in [0.2, 0.25) is 5.88 Å². The normalized spacial score (nSPS) is 11.8. The molecule has 0 aliphatic rings. The second kappa shape index (κ2) is 8.07. The first kappa shape index (κ1) is 20.6. The van der Waals surface area contributed by atoms with Crippen LogP contribution >= 0.6 is 19.8 Å². The number of pyridine rings is 1. The Kier molecular flexibility index (Phi) is 7.21. The van der Waals surface area contributed by atoms with E-state index in [0.717, 1.165) is 18.1 Å². The summed E-state index contributed by atoms with van der Waals surface area (Å²) >= 11 is 3.62. The van der Waals surface area contributed by atoms with Crippen molar-refractivity contribution in [2.24, 2.45) is 0 Å². The molecule has 1 heterocycles. The second-order valence-electron chi connectivity index (χ2n) is 4.38. The molecule has 0 saturated heterocycles. The van der Waals surface area contributed by atoms with Crippen molar-refractivity contribution < 1.29 is 40.6 Å². The van der Waals surface area contributed by atoms with Gasteiger partial charge < -0.3 is 4.18 Å². The van der Waals surface area contributed by atoms with Gasteiger partial charge in [0, 0.05) is 0 Å². The van der Waals surface area contributed by atoms with Gasteiger partial charge in [-0.1, -0.05) is 25.8 Å². The van der Waals surface area contributed by atoms with E-state index in [-0.39, 0.29) is 5.52 Å². The molecule has 122 valence electrons. The number of benzene rings is 1. The molecule has 0 unspecified atom stereocenters. The van der Waals surface area contributed by atoms with Gasteiger partial charge in [-0.3, -0.25) is 0 Å². The quantitative estimate of drug-likeness (QED) is 0.206. The Hall–Kier alpha value is -0.477. The molecule has 4 nitrogen and oxygen atoms in total. The summed E-state index contributed by atoms with van der Waals surface area (Å²) in [6, 6.07) is 7.44. The first-order valence-corrected chi connectivity index (χ1v) is 16.7. The van der Waals surface area contributed by atoms with E-state index in [4.69, 9.17) is 0 Å². The van der Waals surface area contributed by atoms with E-state index in [1.807, 2.05) is 13.0 Å². The molecule has 1 aromatic heterocycles. The van der Waals surface area contributed by atoms with Gasteiger partial charge in [-0.25, -0.2) is 4.98 Å². The summed E-state index contributed by atoms with van der Waals surface area (Å²) in [5, 5.41) is 0.686. The van der Waals surface area contributed by atoms with Crippen molar-refractivity contribution in [3.05, 3.63) is 35.4 Å². The number of nitrogens with zero attached hydrogens (tertiary/aromatic N) is 1. The van der Waals surface area contributed by atoms with E-state index in [2.05, 4.69) is 35.0 Å². The third-order valence-corrected chi connectivity index (χ3v) is 3.81. The predicted molar refractivity (Wildman–Crippen MR) is 84.3 cm³/mol. The molecule has 0 aliphatic carbocycles. The Morgan fingerprint density at radius 3 is 2.48 bits per heavy atom. The van der Waals surface area contributed by atoms with Crippen molar-refractivity contribution in [3.63, 3.8) is 0 Å².